The summed E-state index contributed by atoms with van der Waals surface area (Å²) in [7, 11) is 0. The van der Waals surface area contributed by atoms with Crippen molar-refractivity contribution in [1.29, 1.82) is 0 Å². The summed E-state index contributed by atoms with van der Waals surface area (Å²) in [5, 5.41) is 12.2. The van der Waals surface area contributed by atoms with Gasteiger partial charge < -0.3 is 18.6 Å². The summed E-state index contributed by atoms with van der Waals surface area (Å²) in [6.07, 6.45) is 0. The third-order valence-corrected chi connectivity index (χ3v) is 20.2. The minimum atomic E-state index is -0.327. The highest BCUT2D eigenvalue weighted by atomic mass is 15.1. The summed E-state index contributed by atoms with van der Waals surface area (Å²) < 4.78 is 7.23. The number of benzene rings is 15. The first kappa shape index (κ1) is 52.9. The van der Waals surface area contributed by atoms with Crippen LogP contribution in [0.4, 0.5) is 17.1 Å². The molecule has 0 atom stereocenters. The molecule has 0 amide bonds. The second-order valence-corrected chi connectivity index (χ2v) is 25.6. The Kier molecular flexibility index (Phi) is 11.7. The van der Waals surface area contributed by atoms with Crippen LogP contribution in [-0.2, 0) is 5.41 Å². The fourth-order valence-corrected chi connectivity index (χ4v) is 15.9. The standard InChI is InChI=1S/C89H60N4/c1-89(2)79-53-57(58-39-44-76-73-32-16-19-35-81(73)91(87(76)54-58)62-24-8-4-9-25-62)38-43-69(79)70-46-42-64(56-80(70)89)93(84-50-47-65(67-28-12-14-30-71(67)84)59-41-49-86-78(52-59)75-34-18-21-37-83(75)90(86)61-22-6-3-7-23-61)85-51-48-66(68-29-13-15-31-72(68)85)60-40-45-77-74-33-17-20-36-82(74)92(88(77)55-60)63-26-10-5-11-27-63/h3-56H,1-2H3. The van der Waals surface area contributed by atoms with Crippen molar-refractivity contribution < 1.29 is 0 Å². The van der Waals surface area contributed by atoms with Gasteiger partial charge in [0.25, 0.3) is 0 Å². The molecule has 0 aliphatic heterocycles. The average molecular weight is 1190 g/mol. The highest BCUT2D eigenvalue weighted by Crippen LogP contribution is 2.54. The van der Waals surface area contributed by atoms with Gasteiger partial charge in [0.2, 0.25) is 0 Å². The predicted octanol–water partition coefficient (Wildman–Crippen LogP) is 24.1. The molecule has 0 fully saturated rings. The number of para-hydroxylation sites is 6. The van der Waals surface area contributed by atoms with E-state index in [0.717, 1.165) is 34.1 Å². The van der Waals surface area contributed by atoms with Gasteiger partial charge in [-0.05, 0) is 176 Å². The Labute approximate surface area is 539 Å². The Hall–Kier alpha value is -12.0. The van der Waals surface area contributed by atoms with Gasteiger partial charge in [-0.15, -0.1) is 0 Å². The summed E-state index contributed by atoms with van der Waals surface area (Å²) in [5.41, 5.74) is 26.0. The lowest BCUT2D eigenvalue weighted by molar-refractivity contribution is 0.660. The summed E-state index contributed by atoms with van der Waals surface area (Å²) >= 11 is 0. The number of anilines is 3. The van der Waals surface area contributed by atoms with Gasteiger partial charge in [-0.3, -0.25) is 0 Å². The van der Waals surface area contributed by atoms with Crippen molar-refractivity contribution in [2.75, 3.05) is 4.90 Å². The van der Waals surface area contributed by atoms with Crippen LogP contribution in [0.25, 0.3) is 149 Å². The van der Waals surface area contributed by atoms with E-state index in [-0.39, 0.29) is 5.41 Å². The maximum absolute atomic E-state index is 2.55. The molecule has 3 aromatic heterocycles. The fourth-order valence-electron chi connectivity index (χ4n) is 15.9. The molecule has 1 aliphatic rings. The molecule has 0 spiro atoms. The van der Waals surface area contributed by atoms with Crippen LogP contribution in [0.3, 0.4) is 0 Å². The Morgan fingerprint density at radius 1 is 0.226 bits per heavy atom. The summed E-state index contributed by atoms with van der Waals surface area (Å²) in [4.78, 5) is 2.55. The van der Waals surface area contributed by atoms with Gasteiger partial charge in [0.05, 0.1) is 44.5 Å². The highest BCUT2D eigenvalue weighted by molar-refractivity contribution is 6.16. The van der Waals surface area contributed by atoms with Gasteiger partial charge in [0, 0.05) is 71.3 Å². The fraction of sp³-hybridized carbons (Fsp3) is 0.0337. The molecule has 4 heteroatoms. The number of rotatable bonds is 9. The van der Waals surface area contributed by atoms with E-state index in [9.17, 15) is 0 Å². The normalized spacial score (nSPS) is 12.7. The van der Waals surface area contributed by atoms with Gasteiger partial charge in [-0.1, -0.05) is 232 Å². The summed E-state index contributed by atoms with van der Waals surface area (Å²) in [6.45, 7) is 4.84. The average Bonchev–Trinajstić information content (AvgIpc) is 1.74. The molecule has 19 rings (SSSR count). The number of fused-ring (bicyclic) bond motifs is 14. The Morgan fingerprint density at radius 3 is 1.10 bits per heavy atom. The molecular formula is C89H60N4. The Morgan fingerprint density at radius 2 is 0.570 bits per heavy atom. The summed E-state index contributed by atoms with van der Waals surface area (Å²) in [5.74, 6) is 0. The van der Waals surface area contributed by atoms with Crippen LogP contribution in [0.2, 0.25) is 0 Å². The van der Waals surface area contributed by atoms with Crippen LogP contribution in [0.15, 0.2) is 328 Å². The molecule has 0 radical (unpaired) electrons. The van der Waals surface area contributed by atoms with E-state index in [0.29, 0.717) is 0 Å². The highest BCUT2D eigenvalue weighted by Gasteiger charge is 2.37. The van der Waals surface area contributed by atoms with Gasteiger partial charge in [-0.25, -0.2) is 0 Å². The van der Waals surface area contributed by atoms with Crippen molar-refractivity contribution in [3.63, 3.8) is 0 Å². The molecule has 436 valence electrons. The smallest absolute Gasteiger partial charge is 0.0547 e. The molecule has 0 unspecified atom stereocenters. The first-order valence-electron chi connectivity index (χ1n) is 32.3. The van der Waals surface area contributed by atoms with Crippen LogP contribution in [0.5, 0.6) is 0 Å². The van der Waals surface area contributed by atoms with E-state index < -0.39 is 0 Å². The van der Waals surface area contributed by atoms with Crippen LogP contribution >= 0.6 is 0 Å². The molecule has 0 saturated carbocycles. The quantitative estimate of drug-likeness (QED) is 0.141. The molecule has 93 heavy (non-hydrogen) atoms. The van der Waals surface area contributed by atoms with Crippen molar-refractivity contribution in [1.82, 2.24) is 13.7 Å². The zero-order chi connectivity index (χ0) is 61.5. The first-order valence-corrected chi connectivity index (χ1v) is 32.3. The minimum Gasteiger partial charge on any atom is -0.309 e. The van der Waals surface area contributed by atoms with E-state index in [2.05, 4.69) is 360 Å². The predicted molar refractivity (Wildman–Crippen MR) is 393 cm³/mol. The molecule has 3 heterocycles. The van der Waals surface area contributed by atoms with Crippen LogP contribution in [0.1, 0.15) is 25.0 Å². The molecule has 0 saturated heterocycles. The molecule has 4 nitrogen and oxygen atoms in total. The molecule has 18 aromatic rings. The Balaban J connectivity index is 0.782. The van der Waals surface area contributed by atoms with Crippen molar-refractivity contribution in [2.45, 2.75) is 19.3 Å². The lowest BCUT2D eigenvalue weighted by Crippen LogP contribution is -2.17. The lowest BCUT2D eigenvalue weighted by atomic mass is 9.81. The molecule has 15 aromatic carbocycles. The maximum atomic E-state index is 2.55. The van der Waals surface area contributed by atoms with E-state index in [1.807, 2.05) is 0 Å². The minimum absolute atomic E-state index is 0.327. The van der Waals surface area contributed by atoms with Crippen molar-refractivity contribution in [3.8, 4) is 61.6 Å². The SMILES string of the molecule is CC1(C)c2cc(-c3ccc4c5ccccc5n(-c5ccccc5)c4c3)ccc2-c2ccc(N(c3ccc(-c4ccc5c(c4)c4ccccc4n5-c4ccccc4)c4ccccc34)c3ccc(-c4ccc5c6ccccc6n(-c6ccccc6)c5c4)c4ccccc34)cc21. The molecule has 0 bridgehead atoms. The summed E-state index contributed by atoms with van der Waals surface area (Å²) in [6, 6.07) is 122. The van der Waals surface area contributed by atoms with Crippen molar-refractivity contribution in [2.24, 2.45) is 0 Å². The Bertz CT molecular complexity index is 6080. The van der Waals surface area contributed by atoms with E-state index in [1.165, 1.54) is 143 Å². The number of hydrogen-bond acceptors (Lipinski definition) is 1. The monoisotopic (exact) mass is 1180 g/mol. The lowest BCUT2D eigenvalue weighted by Gasteiger charge is -2.31. The third-order valence-electron chi connectivity index (χ3n) is 20.2. The van der Waals surface area contributed by atoms with E-state index in [4.69, 9.17) is 0 Å². The van der Waals surface area contributed by atoms with Crippen molar-refractivity contribution in [3.05, 3.63) is 339 Å². The van der Waals surface area contributed by atoms with Gasteiger partial charge >= 0.3 is 0 Å². The second-order valence-electron chi connectivity index (χ2n) is 25.6. The van der Waals surface area contributed by atoms with E-state index in [1.54, 1.807) is 0 Å². The molecule has 0 N–H and O–H groups in total. The number of aromatic nitrogens is 3. The topological polar surface area (TPSA) is 18.0 Å². The first-order chi connectivity index (χ1) is 45.9. The second kappa shape index (κ2) is 20.5. The third kappa shape index (κ3) is 8.05. The van der Waals surface area contributed by atoms with Crippen LogP contribution in [-0.4, -0.2) is 13.7 Å². The zero-order valence-corrected chi connectivity index (χ0v) is 51.5. The number of nitrogens with zero attached hydrogens (tertiary/aromatic N) is 4. The van der Waals surface area contributed by atoms with Crippen molar-refractivity contribution >= 4 is 104 Å². The van der Waals surface area contributed by atoms with Gasteiger partial charge in [0.15, 0.2) is 0 Å². The zero-order valence-electron chi connectivity index (χ0n) is 51.5. The van der Waals surface area contributed by atoms with Gasteiger partial charge in [0.1, 0.15) is 0 Å². The van der Waals surface area contributed by atoms with Crippen LogP contribution < -0.4 is 4.90 Å². The maximum Gasteiger partial charge on any atom is 0.0547 e. The number of hydrogen-bond donors (Lipinski definition) is 0. The molecule has 1 aliphatic carbocycles. The largest absolute Gasteiger partial charge is 0.309 e. The van der Waals surface area contributed by atoms with Gasteiger partial charge in [-0.2, -0.15) is 0 Å². The molecular weight excluding hydrogens is 1130 g/mol. The van der Waals surface area contributed by atoms with Crippen LogP contribution in [0, 0.1) is 0 Å². The van der Waals surface area contributed by atoms with E-state index >= 15 is 0 Å².